The van der Waals surface area contributed by atoms with Gasteiger partial charge in [-0.15, -0.1) is 10.2 Å². The number of fused-ring (bicyclic) bond motifs is 1. The van der Waals surface area contributed by atoms with Crippen LogP contribution in [-0.2, 0) is 31.0 Å². The number of hydrogen-bond acceptors (Lipinski definition) is 10. The van der Waals surface area contributed by atoms with Crippen LogP contribution in [0.5, 0.6) is 0 Å². The van der Waals surface area contributed by atoms with Gasteiger partial charge in [-0.3, -0.25) is 4.40 Å². The van der Waals surface area contributed by atoms with E-state index < -0.39 is 48.7 Å². The van der Waals surface area contributed by atoms with Gasteiger partial charge >= 0.3 is 6.18 Å². The van der Waals surface area contributed by atoms with Gasteiger partial charge in [-0.2, -0.15) is 22.2 Å². The largest absolute Gasteiger partial charge is 0.445 e. The molecule has 5 heterocycles. The standard InChI is InChI=1S/C21H25F4N7O5S3/c1-13(2)40(35,36)31-5-3-30(4-6-31)15-7-14(39(33,34)29-20(10-22)11-37-12-20)9-32-16(15)8-26-17(32)18-27-28-19(38-18)21(23,24)25/h7-9,13,29H,3-6,10-12H2,1-2H3. The fourth-order valence-corrected chi connectivity index (χ4v) is 7.72. The Hall–Kier alpha value is -2.45. The molecule has 0 saturated carbocycles. The van der Waals surface area contributed by atoms with Crippen molar-refractivity contribution in [3.63, 3.8) is 0 Å². The Morgan fingerprint density at radius 2 is 1.80 bits per heavy atom. The Balaban J connectivity index is 1.58. The molecule has 0 radical (unpaired) electrons. The first kappa shape index (κ1) is 29.1. The molecule has 5 rings (SSSR count). The first-order valence-electron chi connectivity index (χ1n) is 12.0. The number of hydrogen-bond donors (Lipinski definition) is 1. The quantitative estimate of drug-likeness (QED) is 0.370. The van der Waals surface area contributed by atoms with Gasteiger partial charge in [-0.25, -0.2) is 26.2 Å². The number of nitrogens with zero attached hydrogens (tertiary/aromatic N) is 6. The van der Waals surface area contributed by atoms with Crippen LogP contribution >= 0.6 is 11.3 Å². The third-order valence-electron chi connectivity index (χ3n) is 6.66. The highest BCUT2D eigenvalue weighted by molar-refractivity contribution is 7.89. The van der Waals surface area contributed by atoms with Gasteiger partial charge in [0.05, 0.1) is 35.9 Å². The van der Waals surface area contributed by atoms with Crippen LogP contribution in [0.1, 0.15) is 18.9 Å². The van der Waals surface area contributed by atoms with E-state index in [1.165, 1.54) is 27.2 Å². The van der Waals surface area contributed by atoms with Crippen LogP contribution in [0.15, 0.2) is 23.4 Å². The summed E-state index contributed by atoms with van der Waals surface area (Å²) in [6.45, 7) is 2.51. The second-order valence-electron chi connectivity index (χ2n) is 9.80. The molecule has 19 heteroatoms. The highest BCUT2D eigenvalue weighted by Crippen LogP contribution is 2.36. The van der Waals surface area contributed by atoms with Crippen LogP contribution in [-0.4, -0.2) is 97.6 Å². The second-order valence-corrected chi connectivity index (χ2v) is 14.9. The van der Waals surface area contributed by atoms with Gasteiger partial charge < -0.3 is 9.64 Å². The predicted molar refractivity (Wildman–Crippen MR) is 137 cm³/mol. The van der Waals surface area contributed by atoms with Gasteiger partial charge in [0.25, 0.3) is 0 Å². The number of ether oxygens (including phenoxy) is 1. The number of pyridine rings is 1. The molecule has 220 valence electrons. The number of sulfonamides is 2. The van der Waals surface area contributed by atoms with E-state index in [4.69, 9.17) is 4.74 Å². The fourth-order valence-electron chi connectivity index (χ4n) is 4.38. The summed E-state index contributed by atoms with van der Waals surface area (Å²) < 4.78 is 115. The smallest absolute Gasteiger partial charge is 0.377 e. The molecule has 2 saturated heterocycles. The van der Waals surface area contributed by atoms with Crippen LogP contribution < -0.4 is 9.62 Å². The minimum Gasteiger partial charge on any atom is -0.377 e. The number of rotatable bonds is 8. The number of anilines is 1. The number of imidazole rings is 1. The molecular formula is C21H25F4N7O5S3. The molecule has 0 atom stereocenters. The minimum absolute atomic E-state index is 0.0745. The molecule has 0 aliphatic carbocycles. The molecule has 0 spiro atoms. The van der Waals surface area contributed by atoms with Crippen LogP contribution in [0.4, 0.5) is 23.2 Å². The van der Waals surface area contributed by atoms with Crippen molar-refractivity contribution in [2.75, 3.05) is 51.0 Å². The van der Waals surface area contributed by atoms with Gasteiger partial charge in [-0.1, -0.05) is 11.3 Å². The first-order chi connectivity index (χ1) is 18.7. The van der Waals surface area contributed by atoms with Crippen molar-refractivity contribution in [2.24, 2.45) is 0 Å². The summed E-state index contributed by atoms with van der Waals surface area (Å²) in [4.78, 5) is 5.68. The molecule has 2 aliphatic heterocycles. The lowest BCUT2D eigenvalue weighted by molar-refractivity contribution is -0.138. The lowest BCUT2D eigenvalue weighted by atomic mass is 10.0. The summed E-state index contributed by atoms with van der Waals surface area (Å²) in [5.74, 6) is -0.0745. The Morgan fingerprint density at radius 3 is 2.33 bits per heavy atom. The van der Waals surface area contributed by atoms with E-state index in [1.54, 1.807) is 18.7 Å². The van der Waals surface area contributed by atoms with Gasteiger partial charge in [0.15, 0.2) is 10.8 Å². The zero-order valence-electron chi connectivity index (χ0n) is 21.2. The lowest BCUT2D eigenvalue weighted by Gasteiger charge is -2.39. The van der Waals surface area contributed by atoms with Crippen LogP contribution in [0, 0.1) is 0 Å². The number of alkyl halides is 4. The van der Waals surface area contributed by atoms with Crippen molar-refractivity contribution in [1.29, 1.82) is 0 Å². The van der Waals surface area contributed by atoms with Crippen molar-refractivity contribution < 1.29 is 39.1 Å². The van der Waals surface area contributed by atoms with Crippen LogP contribution in [0.3, 0.4) is 0 Å². The van der Waals surface area contributed by atoms with Crippen molar-refractivity contribution in [1.82, 2.24) is 28.6 Å². The van der Waals surface area contributed by atoms with Crippen LogP contribution in [0.25, 0.3) is 16.3 Å². The molecule has 2 aliphatic rings. The molecular weight excluding hydrogens is 602 g/mol. The highest BCUT2D eigenvalue weighted by atomic mass is 32.2. The molecule has 2 fully saturated rings. The normalized spacial score (nSPS) is 18.9. The van der Waals surface area contributed by atoms with E-state index in [2.05, 4.69) is 19.9 Å². The lowest BCUT2D eigenvalue weighted by Crippen LogP contribution is -2.63. The maximum Gasteiger partial charge on any atom is 0.445 e. The molecule has 0 unspecified atom stereocenters. The zero-order chi connectivity index (χ0) is 29.1. The topological polar surface area (TPSA) is 139 Å². The van der Waals surface area contributed by atoms with Crippen molar-refractivity contribution in [2.45, 2.75) is 35.7 Å². The molecule has 3 aromatic heterocycles. The number of piperazine rings is 1. The summed E-state index contributed by atoms with van der Waals surface area (Å²) in [5.41, 5.74) is -0.725. The molecule has 1 N–H and O–H groups in total. The van der Waals surface area contributed by atoms with Gasteiger partial charge in [0, 0.05) is 32.4 Å². The van der Waals surface area contributed by atoms with Crippen molar-refractivity contribution >= 4 is 42.6 Å². The van der Waals surface area contributed by atoms with E-state index in [-0.39, 0.29) is 66.5 Å². The number of aromatic nitrogens is 4. The Kier molecular flexibility index (Phi) is 7.35. The SMILES string of the molecule is CC(C)S(=O)(=O)N1CCN(c2cc(S(=O)(=O)NC3(CF)COC3)cn3c(-c4nnc(C(F)(F)F)s4)ncc23)CC1. The van der Waals surface area contributed by atoms with Crippen molar-refractivity contribution in [3.05, 3.63) is 23.5 Å². The first-order valence-corrected chi connectivity index (χ1v) is 15.8. The van der Waals surface area contributed by atoms with E-state index in [0.717, 1.165) is 0 Å². The van der Waals surface area contributed by atoms with Crippen LogP contribution in [0.2, 0.25) is 0 Å². The Bertz CT molecular complexity index is 1620. The molecule has 0 amide bonds. The van der Waals surface area contributed by atoms with E-state index >= 15 is 0 Å². The van der Waals surface area contributed by atoms with Crippen molar-refractivity contribution in [3.8, 4) is 10.8 Å². The molecule has 0 bridgehead atoms. The summed E-state index contributed by atoms with van der Waals surface area (Å²) in [7, 11) is -7.86. The molecule has 40 heavy (non-hydrogen) atoms. The predicted octanol–water partition coefficient (Wildman–Crippen LogP) is 1.75. The fraction of sp³-hybridized carbons (Fsp3) is 0.571. The Labute approximate surface area is 231 Å². The van der Waals surface area contributed by atoms with Gasteiger partial charge in [0.2, 0.25) is 25.1 Å². The van der Waals surface area contributed by atoms with E-state index in [9.17, 15) is 34.4 Å². The third kappa shape index (κ3) is 5.18. The minimum atomic E-state index is -4.73. The maximum atomic E-state index is 13.7. The van der Waals surface area contributed by atoms with Gasteiger partial charge in [0.1, 0.15) is 17.1 Å². The molecule has 0 aromatic carbocycles. The Morgan fingerprint density at radius 1 is 1.12 bits per heavy atom. The summed E-state index contributed by atoms with van der Waals surface area (Å²) in [6, 6.07) is 1.35. The zero-order valence-corrected chi connectivity index (χ0v) is 23.7. The summed E-state index contributed by atoms with van der Waals surface area (Å²) in [6.07, 6.45) is -2.19. The average Bonchev–Trinajstić information content (AvgIpc) is 3.53. The summed E-state index contributed by atoms with van der Waals surface area (Å²) in [5, 5.41) is 4.79. The summed E-state index contributed by atoms with van der Waals surface area (Å²) >= 11 is 0.251. The van der Waals surface area contributed by atoms with E-state index in [0.29, 0.717) is 11.2 Å². The monoisotopic (exact) mass is 627 g/mol. The van der Waals surface area contributed by atoms with E-state index in [1.807, 2.05) is 0 Å². The number of halogens is 4. The average molecular weight is 628 g/mol. The molecule has 3 aromatic rings. The maximum absolute atomic E-state index is 13.7. The third-order valence-corrected chi connectivity index (χ3v) is 11.4. The molecule has 12 nitrogen and oxygen atoms in total. The number of nitrogens with one attached hydrogen (secondary N) is 1. The highest BCUT2D eigenvalue weighted by Gasteiger charge is 2.43. The van der Waals surface area contributed by atoms with Gasteiger partial charge in [-0.05, 0) is 19.9 Å². The second kappa shape index (κ2) is 10.1.